The summed E-state index contributed by atoms with van der Waals surface area (Å²) >= 11 is 4.97. The molecule has 0 aromatic carbocycles. The molecule has 4 nitrogen and oxygen atoms in total. The van der Waals surface area contributed by atoms with E-state index in [0.29, 0.717) is 11.6 Å². The van der Waals surface area contributed by atoms with Crippen LogP contribution in [-0.2, 0) is 9.53 Å². The normalized spacial score (nSPS) is 25.5. The number of thiocarbonyl (C=S) groups is 1. The van der Waals surface area contributed by atoms with Crippen LogP contribution in [0.4, 0.5) is 0 Å². The maximum atomic E-state index is 12.1. The van der Waals surface area contributed by atoms with Crippen LogP contribution in [0.3, 0.4) is 0 Å². The summed E-state index contributed by atoms with van der Waals surface area (Å²) in [4.78, 5) is 12.5. The molecular formula is C12H22N2O2S. The van der Waals surface area contributed by atoms with Gasteiger partial charge >= 0.3 is 0 Å². The molecular weight excluding hydrogens is 236 g/mol. The molecule has 3 N–H and O–H groups in total. The maximum Gasteiger partial charge on any atom is 0.226 e. The van der Waals surface area contributed by atoms with Gasteiger partial charge in [0.05, 0.1) is 23.1 Å². The van der Waals surface area contributed by atoms with Crippen molar-refractivity contribution in [3.8, 4) is 0 Å². The number of ether oxygens (including phenoxy) is 1. The number of hydrogen-bond acceptors (Lipinski definition) is 3. The van der Waals surface area contributed by atoms with E-state index in [-0.39, 0.29) is 24.0 Å². The van der Waals surface area contributed by atoms with Crippen LogP contribution in [0, 0.1) is 5.92 Å². The van der Waals surface area contributed by atoms with Gasteiger partial charge in [0, 0.05) is 6.61 Å². The summed E-state index contributed by atoms with van der Waals surface area (Å²) in [7, 11) is 0. The third-order valence-electron chi connectivity index (χ3n) is 3.19. The minimum atomic E-state index is -0.180. The van der Waals surface area contributed by atoms with Gasteiger partial charge in [-0.15, -0.1) is 0 Å². The second kappa shape index (κ2) is 6.91. The first-order chi connectivity index (χ1) is 8.10. The highest BCUT2D eigenvalue weighted by Crippen LogP contribution is 2.23. The Morgan fingerprint density at radius 1 is 1.59 bits per heavy atom. The van der Waals surface area contributed by atoms with Gasteiger partial charge in [-0.3, -0.25) is 4.79 Å². The maximum absolute atomic E-state index is 12.1. The van der Waals surface area contributed by atoms with Crippen molar-refractivity contribution in [1.29, 1.82) is 0 Å². The Balaban J connectivity index is 2.54. The molecule has 1 rings (SSSR count). The number of carbonyl (C=O) groups excluding carboxylic acids is 1. The SMILES string of the molecule is CCCC(NC(=O)C1CCOC1CC)C(N)=S. The second-order valence-electron chi connectivity index (χ2n) is 4.46. The van der Waals surface area contributed by atoms with E-state index in [1.807, 2.05) is 13.8 Å². The Morgan fingerprint density at radius 3 is 2.82 bits per heavy atom. The van der Waals surface area contributed by atoms with Gasteiger partial charge < -0.3 is 15.8 Å². The lowest BCUT2D eigenvalue weighted by Crippen LogP contribution is -2.47. The van der Waals surface area contributed by atoms with Gasteiger partial charge in [0.2, 0.25) is 5.91 Å². The summed E-state index contributed by atoms with van der Waals surface area (Å²) in [6.07, 6.45) is 3.44. The minimum absolute atomic E-state index is 0.0283. The molecule has 0 radical (unpaired) electrons. The highest BCUT2D eigenvalue weighted by atomic mass is 32.1. The van der Waals surface area contributed by atoms with E-state index in [1.165, 1.54) is 0 Å². The zero-order chi connectivity index (χ0) is 12.8. The summed E-state index contributed by atoms with van der Waals surface area (Å²) < 4.78 is 5.51. The molecule has 0 spiro atoms. The first-order valence-electron chi connectivity index (χ1n) is 6.31. The molecule has 5 heteroatoms. The number of nitrogens with two attached hydrogens (primary N) is 1. The number of hydrogen-bond donors (Lipinski definition) is 2. The average Bonchev–Trinajstić information content (AvgIpc) is 2.76. The van der Waals surface area contributed by atoms with Gasteiger partial charge in [-0.25, -0.2) is 0 Å². The molecule has 1 heterocycles. The van der Waals surface area contributed by atoms with Crippen molar-refractivity contribution in [1.82, 2.24) is 5.32 Å². The van der Waals surface area contributed by atoms with Crippen molar-refractivity contribution in [2.45, 2.75) is 51.7 Å². The van der Waals surface area contributed by atoms with E-state index in [2.05, 4.69) is 5.32 Å². The predicted octanol–water partition coefficient (Wildman–Crippen LogP) is 1.37. The van der Waals surface area contributed by atoms with E-state index in [9.17, 15) is 4.79 Å². The van der Waals surface area contributed by atoms with Gasteiger partial charge in [0.15, 0.2) is 0 Å². The summed E-state index contributed by atoms with van der Waals surface area (Å²) in [5.41, 5.74) is 5.62. The van der Waals surface area contributed by atoms with E-state index in [1.54, 1.807) is 0 Å². The summed E-state index contributed by atoms with van der Waals surface area (Å²) in [5.74, 6) is -0.0192. The van der Waals surface area contributed by atoms with Crippen molar-refractivity contribution in [3.63, 3.8) is 0 Å². The standard InChI is InChI=1S/C12H22N2O2S/c1-3-5-9(11(13)17)14-12(15)8-6-7-16-10(8)4-2/h8-10H,3-7H2,1-2H3,(H2,13,17)(H,14,15). The number of carbonyl (C=O) groups is 1. The molecule has 3 atom stereocenters. The predicted molar refractivity (Wildman–Crippen MR) is 71.8 cm³/mol. The molecule has 0 aliphatic carbocycles. The smallest absolute Gasteiger partial charge is 0.226 e. The number of nitrogens with one attached hydrogen (secondary N) is 1. The van der Waals surface area contributed by atoms with Crippen LogP contribution in [0.5, 0.6) is 0 Å². The molecule has 1 aliphatic heterocycles. The molecule has 1 aliphatic rings. The first-order valence-corrected chi connectivity index (χ1v) is 6.72. The highest BCUT2D eigenvalue weighted by molar-refractivity contribution is 7.80. The average molecular weight is 258 g/mol. The van der Waals surface area contributed by atoms with E-state index in [0.717, 1.165) is 25.7 Å². The van der Waals surface area contributed by atoms with E-state index in [4.69, 9.17) is 22.7 Å². The quantitative estimate of drug-likeness (QED) is 0.706. The van der Waals surface area contributed by atoms with Crippen molar-refractivity contribution in [2.75, 3.05) is 6.61 Å². The van der Waals surface area contributed by atoms with Gasteiger partial charge in [-0.05, 0) is 19.3 Å². The fraction of sp³-hybridized carbons (Fsp3) is 0.833. The Kier molecular flexibility index (Phi) is 5.85. The third kappa shape index (κ3) is 3.92. The van der Waals surface area contributed by atoms with Crippen LogP contribution in [0.2, 0.25) is 0 Å². The molecule has 3 unspecified atom stereocenters. The van der Waals surface area contributed by atoms with Crippen LogP contribution >= 0.6 is 12.2 Å². The lowest BCUT2D eigenvalue weighted by Gasteiger charge is -2.21. The van der Waals surface area contributed by atoms with Crippen molar-refractivity contribution >= 4 is 23.1 Å². The molecule has 1 amide bonds. The number of rotatable bonds is 6. The molecule has 17 heavy (non-hydrogen) atoms. The van der Waals surface area contributed by atoms with Crippen molar-refractivity contribution in [3.05, 3.63) is 0 Å². The molecule has 0 saturated carbocycles. The van der Waals surface area contributed by atoms with Crippen LogP contribution in [-0.4, -0.2) is 29.6 Å². The van der Waals surface area contributed by atoms with Crippen LogP contribution in [0.25, 0.3) is 0 Å². The van der Waals surface area contributed by atoms with E-state index >= 15 is 0 Å². The second-order valence-corrected chi connectivity index (χ2v) is 4.94. The zero-order valence-electron chi connectivity index (χ0n) is 10.6. The largest absolute Gasteiger partial charge is 0.392 e. The lowest BCUT2D eigenvalue weighted by atomic mass is 9.98. The van der Waals surface area contributed by atoms with Crippen LogP contribution in [0.1, 0.15) is 39.5 Å². The van der Waals surface area contributed by atoms with Gasteiger partial charge in [-0.2, -0.15) is 0 Å². The molecule has 98 valence electrons. The third-order valence-corrected chi connectivity index (χ3v) is 3.47. The zero-order valence-corrected chi connectivity index (χ0v) is 11.4. The van der Waals surface area contributed by atoms with Crippen molar-refractivity contribution < 1.29 is 9.53 Å². The Morgan fingerprint density at radius 2 is 2.29 bits per heavy atom. The van der Waals surface area contributed by atoms with Gasteiger partial charge in [-0.1, -0.05) is 32.5 Å². The van der Waals surface area contributed by atoms with Crippen molar-refractivity contribution in [2.24, 2.45) is 11.7 Å². The van der Waals surface area contributed by atoms with Crippen LogP contribution in [0.15, 0.2) is 0 Å². The Hall–Kier alpha value is -0.680. The minimum Gasteiger partial charge on any atom is -0.392 e. The van der Waals surface area contributed by atoms with E-state index < -0.39 is 0 Å². The molecule has 1 fully saturated rings. The fourth-order valence-corrected chi connectivity index (χ4v) is 2.38. The first kappa shape index (κ1) is 14.4. The molecule has 0 bridgehead atoms. The molecule has 1 saturated heterocycles. The fourth-order valence-electron chi connectivity index (χ4n) is 2.20. The Bertz CT molecular complexity index is 284. The number of amides is 1. The summed E-state index contributed by atoms with van der Waals surface area (Å²) in [5, 5.41) is 2.94. The summed E-state index contributed by atoms with van der Waals surface area (Å²) in [6, 6.07) is -0.180. The summed E-state index contributed by atoms with van der Waals surface area (Å²) in [6.45, 7) is 4.75. The van der Waals surface area contributed by atoms with Crippen LogP contribution < -0.4 is 11.1 Å². The van der Waals surface area contributed by atoms with Gasteiger partial charge in [0.25, 0.3) is 0 Å². The molecule has 0 aromatic heterocycles. The molecule has 0 aromatic rings. The van der Waals surface area contributed by atoms with Gasteiger partial charge in [0.1, 0.15) is 0 Å². The highest BCUT2D eigenvalue weighted by Gasteiger charge is 2.33. The topological polar surface area (TPSA) is 64.3 Å². The monoisotopic (exact) mass is 258 g/mol. The Labute approximate surface area is 108 Å². The lowest BCUT2D eigenvalue weighted by molar-refractivity contribution is -0.127.